The molecule has 0 aliphatic heterocycles. The highest BCUT2D eigenvalue weighted by atomic mass is 32.2. The van der Waals surface area contributed by atoms with E-state index in [1.807, 2.05) is 0 Å². The summed E-state index contributed by atoms with van der Waals surface area (Å²) >= 11 is 0. The van der Waals surface area contributed by atoms with Crippen molar-refractivity contribution in [2.75, 3.05) is 4.72 Å². The summed E-state index contributed by atoms with van der Waals surface area (Å²) in [6.45, 7) is 0. The van der Waals surface area contributed by atoms with Crippen molar-refractivity contribution in [3.8, 4) is 0 Å². The largest absolute Gasteiger partial charge is 0.417 e. The van der Waals surface area contributed by atoms with Crippen LogP contribution in [0.15, 0.2) is 44.6 Å². The fourth-order valence-corrected chi connectivity index (χ4v) is 3.27. The second-order valence-electron chi connectivity index (χ2n) is 4.87. The Morgan fingerprint density at radius 2 is 2.09 bits per heavy atom. The molecule has 0 aliphatic carbocycles. The third kappa shape index (κ3) is 2.71. The van der Waals surface area contributed by atoms with Crippen molar-refractivity contribution < 1.29 is 17.6 Å². The number of nitrogens with zero attached hydrogens (tertiary/aromatic N) is 1. The van der Waals surface area contributed by atoms with E-state index >= 15 is 0 Å². The van der Waals surface area contributed by atoms with Crippen molar-refractivity contribution in [3.63, 3.8) is 0 Å². The number of sulfonamides is 1. The van der Waals surface area contributed by atoms with Gasteiger partial charge in [-0.25, -0.2) is 13.2 Å². The average Bonchev–Trinajstić information content (AvgIpc) is 3.00. The molecule has 0 radical (unpaired) electrons. The van der Waals surface area contributed by atoms with Crippen LogP contribution in [0.1, 0.15) is 10.5 Å². The van der Waals surface area contributed by atoms with E-state index in [-0.39, 0.29) is 16.3 Å². The van der Waals surface area contributed by atoms with E-state index in [1.165, 1.54) is 42.1 Å². The maximum Gasteiger partial charge on any atom is 0.417 e. The first-order valence-corrected chi connectivity index (χ1v) is 7.86. The summed E-state index contributed by atoms with van der Waals surface area (Å²) in [5.41, 5.74) is 6.15. The molecule has 23 heavy (non-hydrogen) atoms. The van der Waals surface area contributed by atoms with E-state index in [1.54, 1.807) is 0 Å². The molecule has 1 aromatic carbocycles. The first kappa shape index (κ1) is 14.9. The van der Waals surface area contributed by atoms with Crippen LogP contribution < -0.4 is 16.2 Å². The summed E-state index contributed by atoms with van der Waals surface area (Å²) in [7, 11) is -2.40. The second-order valence-corrected chi connectivity index (χ2v) is 6.55. The number of nitrogens with one attached hydrogen (secondary N) is 2. The highest BCUT2D eigenvalue weighted by Crippen LogP contribution is 2.21. The number of rotatable bonds is 4. The van der Waals surface area contributed by atoms with Crippen LogP contribution in [0.3, 0.4) is 0 Å². The number of aryl methyl sites for hydroxylation is 1. The Balaban J connectivity index is 1.97. The van der Waals surface area contributed by atoms with E-state index < -0.39 is 21.7 Å². The normalized spacial score (nSPS) is 11.7. The Bertz CT molecular complexity index is 1070. The van der Waals surface area contributed by atoms with Gasteiger partial charge in [0.15, 0.2) is 5.58 Å². The Kier molecular flexibility index (Phi) is 3.25. The van der Waals surface area contributed by atoms with Gasteiger partial charge in [-0.2, -0.15) is 0 Å². The monoisotopic (exact) mass is 336 g/mol. The number of H-pyrrole nitrogens is 1. The molecule has 1 amide bonds. The molecule has 4 N–H and O–H groups in total. The van der Waals surface area contributed by atoms with Gasteiger partial charge < -0.3 is 14.7 Å². The van der Waals surface area contributed by atoms with E-state index in [0.717, 1.165) is 0 Å². The van der Waals surface area contributed by atoms with Crippen molar-refractivity contribution >= 4 is 32.7 Å². The first-order chi connectivity index (χ1) is 10.8. The molecule has 0 spiro atoms. The number of amides is 1. The predicted molar refractivity (Wildman–Crippen MR) is 81.6 cm³/mol. The molecular weight excluding hydrogens is 324 g/mol. The quantitative estimate of drug-likeness (QED) is 0.631. The Hall–Kier alpha value is -3.01. The van der Waals surface area contributed by atoms with Gasteiger partial charge in [-0.1, -0.05) is 0 Å². The molecule has 0 bridgehead atoms. The lowest BCUT2D eigenvalue weighted by atomic mass is 10.3. The van der Waals surface area contributed by atoms with Gasteiger partial charge in [-0.15, -0.1) is 0 Å². The van der Waals surface area contributed by atoms with E-state index in [0.29, 0.717) is 11.1 Å². The molecule has 0 fully saturated rings. The zero-order chi connectivity index (χ0) is 16.8. The summed E-state index contributed by atoms with van der Waals surface area (Å²) < 4.78 is 33.2. The number of hydrogen-bond donors (Lipinski definition) is 3. The number of carbonyl (C=O) groups is 1. The smallest absolute Gasteiger partial charge is 0.408 e. The zero-order valence-electron chi connectivity index (χ0n) is 11.9. The Morgan fingerprint density at radius 1 is 1.35 bits per heavy atom. The summed E-state index contributed by atoms with van der Waals surface area (Å²) in [4.78, 5) is 24.6. The average molecular weight is 336 g/mol. The minimum absolute atomic E-state index is 0.0694. The minimum Gasteiger partial charge on any atom is -0.408 e. The number of aromatic amines is 1. The Labute approximate surface area is 129 Å². The van der Waals surface area contributed by atoms with Crippen LogP contribution in [-0.4, -0.2) is 23.9 Å². The summed E-state index contributed by atoms with van der Waals surface area (Å²) in [6, 6.07) is 5.53. The van der Waals surface area contributed by atoms with Crippen molar-refractivity contribution in [1.29, 1.82) is 0 Å². The van der Waals surface area contributed by atoms with Gasteiger partial charge in [0, 0.05) is 13.2 Å². The number of fused-ring (bicyclic) bond motifs is 1. The molecular formula is C13H12N4O5S. The fourth-order valence-electron chi connectivity index (χ4n) is 2.16. The van der Waals surface area contributed by atoms with Crippen LogP contribution in [0, 0.1) is 0 Å². The minimum atomic E-state index is -3.91. The van der Waals surface area contributed by atoms with Crippen LogP contribution in [0.25, 0.3) is 11.1 Å². The van der Waals surface area contributed by atoms with Gasteiger partial charge in [0.2, 0.25) is 0 Å². The molecule has 120 valence electrons. The van der Waals surface area contributed by atoms with Gasteiger partial charge in [0.05, 0.1) is 11.2 Å². The van der Waals surface area contributed by atoms with Crippen LogP contribution in [0.2, 0.25) is 0 Å². The standard InChI is InChI=1S/C13H12N4O5S/c1-17-6-8(5-10(17)12(14)18)23(20,21)16-7-2-3-11-9(4-7)15-13(19)22-11/h2-6,16H,1H3,(H2,14,18)(H,15,19). The van der Waals surface area contributed by atoms with Crippen LogP contribution in [-0.2, 0) is 17.1 Å². The van der Waals surface area contributed by atoms with Gasteiger partial charge in [-0.05, 0) is 24.3 Å². The fraction of sp³-hybridized carbons (Fsp3) is 0.0769. The molecule has 0 atom stereocenters. The SMILES string of the molecule is Cn1cc(S(=O)(=O)Nc2ccc3oc(=O)[nH]c3c2)cc1C(N)=O. The highest BCUT2D eigenvalue weighted by Gasteiger charge is 2.20. The number of carbonyl (C=O) groups excluding carboxylic acids is 1. The summed E-state index contributed by atoms with van der Waals surface area (Å²) in [5.74, 6) is -1.36. The Morgan fingerprint density at radius 3 is 2.74 bits per heavy atom. The zero-order valence-corrected chi connectivity index (χ0v) is 12.7. The number of nitrogens with two attached hydrogens (primary N) is 1. The molecule has 0 saturated carbocycles. The third-order valence-electron chi connectivity index (χ3n) is 3.21. The topological polar surface area (TPSA) is 140 Å². The van der Waals surface area contributed by atoms with Crippen molar-refractivity contribution in [2.24, 2.45) is 12.8 Å². The third-order valence-corrected chi connectivity index (χ3v) is 4.56. The molecule has 0 saturated heterocycles. The van der Waals surface area contributed by atoms with E-state index in [2.05, 4.69) is 9.71 Å². The number of hydrogen-bond acceptors (Lipinski definition) is 5. The van der Waals surface area contributed by atoms with E-state index in [9.17, 15) is 18.0 Å². The maximum atomic E-state index is 12.4. The van der Waals surface area contributed by atoms with Gasteiger partial charge in [0.1, 0.15) is 10.6 Å². The molecule has 10 heteroatoms. The number of aromatic nitrogens is 2. The number of primary amides is 1. The lowest BCUT2D eigenvalue weighted by molar-refractivity contribution is 0.0992. The molecule has 0 aliphatic rings. The molecule has 2 aromatic heterocycles. The highest BCUT2D eigenvalue weighted by molar-refractivity contribution is 7.92. The first-order valence-electron chi connectivity index (χ1n) is 6.38. The van der Waals surface area contributed by atoms with Crippen molar-refractivity contribution in [3.05, 3.63) is 46.7 Å². The molecule has 0 unspecified atom stereocenters. The molecule has 2 heterocycles. The number of benzene rings is 1. The molecule has 3 aromatic rings. The van der Waals surface area contributed by atoms with Gasteiger partial charge >= 0.3 is 5.76 Å². The van der Waals surface area contributed by atoms with Gasteiger partial charge in [0.25, 0.3) is 15.9 Å². The lowest BCUT2D eigenvalue weighted by Crippen LogP contribution is -2.14. The van der Waals surface area contributed by atoms with Gasteiger partial charge in [-0.3, -0.25) is 14.5 Å². The predicted octanol–water partition coefficient (Wildman–Crippen LogP) is 0.359. The van der Waals surface area contributed by atoms with Crippen molar-refractivity contribution in [2.45, 2.75) is 4.90 Å². The lowest BCUT2D eigenvalue weighted by Gasteiger charge is -2.05. The second kappa shape index (κ2) is 5.02. The molecule has 3 rings (SSSR count). The maximum absolute atomic E-state index is 12.4. The van der Waals surface area contributed by atoms with Crippen LogP contribution >= 0.6 is 0 Å². The number of oxazole rings is 1. The molecule has 9 nitrogen and oxygen atoms in total. The summed E-state index contributed by atoms with van der Waals surface area (Å²) in [6.07, 6.45) is 1.28. The van der Waals surface area contributed by atoms with Crippen molar-refractivity contribution in [1.82, 2.24) is 9.55 Å². The van der Waals surface area contributed by atoms with Crippen LogP contribution in [0.4, 0.5) is 5.69 Å². The van der Waals surface area contributed by atoms with E-state index in [4.69, 9.17) is 10.2 Å². The summed E-state index contributed by atoms with van der Waals surface area (Å²) in [5, 5.41) is 0. The number of anilines is 1. The van der Waals surface area contributed by atoms with Crippen LogP contribution in [0.5, 0.6) is 0 Å².